The van der Waals surface area contributed by atoms with E-state index in [1.54, 1.807) is 24.5 Å². The van der Waals surface area contributed by atoms with Crippen molar-refractivity contribution in [3.05, 3.63) is 72.1 Å². The summed E-state index contributed by atoms with van der Waals surface area (Å²) in [4.78, 5) is 21.0. The van der Waals surface area contributed by atoms with Gasteiger partial charge in [0.05, 0.1) is 0 Å². The van der Waals surface area contributed by atoms with Crippen molar-refractivity contribution < 1.29 is 4.79 Å². The molecule has 0 fully saturated rings. The zero-order chi connectivity index (χ0) is 19.2. The lowest BCUT2D eigenvalue weighted by Gasteiger charge is -2.10. The first kappa shape index (κ1) is 18.6. The molecule has 3 aromatic rings. The highest BCUT2D eigenvalue weighted by atomic mass is 16.1. The third-order valence-corrected chi connectivity index (χ3v) is 4.09. The van der Waals surface area contributed by atoms with Gasteiger partial charge in [-0.1, -0.05) is 49.7 Å². The van der Waals surface area contributed by atoms with Crippen molar-refractivity contribution in [2.24, 2.45) is 5.92 Å². The highest BCUT2D eigenvalue weighted by Gasteiger charge is 2.07. The van der Waals surface area contributed by atoms with Crippen molar-refractivity contribution in [3.63, 3.8) is 0 Å². The maximum absolute atomic E-state index is 12.2. The summed E-state index contributed by atoms with van der Waals surface area (Å²) in [6.45, 7) is 6.84. The minimum Gasteiger partial charge on any atom is -0.352 e. The van der Waals surface area contributed by atoms with Crippen molar-refractivity contribution in [2.75, 3.05) is 11.9 Å². The summed E-state index contributed by atoms with van der Waals surface area (Å²) >= 11 is 0. The molecule has 1 amide bonds. The van der Waals surface area contributed by atoms with E-state index >= 15 is 0 Å². The number of carbonyl (C=O) groups is 1. The van der Waals surface area contributed by atoms with E-state index in [2.05, 4.69) is 65.6 Å². The number of hydrogen-bond acceptors (Lipinski definition) is 4. The molecule has 1 heterocycles. The molecule has 0 spiro atoms. The maximum atomic E-state index is 12.2. The van der Waals surface area contributed by atoms with Gasteiger partial charge in [0.15, 0.2) is 0 Å². The minimum absolute atomic E-state index is 0.0806. The van der Waals surface area contributed by atoms with E-state index in [9.17, 15) is 4.79 Å². The molecule has 5 nitrogen and oxygen atoms in total. The fourth-order valence-corrected chi connectivity index (χ4v) is 2.55. The summed E-state index contributed by atoms with van der Waals surface area (Å²) in [6.07, 6.45) is 3.58. The van der Waals surface area contributed by atoms with Crippen LogP contribution in [0.5, 0.6) is 0 Å². The number of hydrogen-bond donors (Lipinski definition) is 2. The molecule has 1 aromatic heterocycles. The van der Waals surface area contributed by atoms with E-state index in [0.717, 1.165) is 16.8 Å². The molecule has 2 N–H and O–H groups in total. The van der Waals surface area contributed by atoms with Gasteiger partial charge >= 0.3 is 0 Å². The van der Waals surface area contributed by atoms with Crippen LogP contribution in [0, 0.1) is 12.8 Å². The summed E-state index contributed by atoms with van der Waals surface area (Å²) in [5.41, 5.74) is 4.64. The van der Waals surface area contributed by atoms with Gasteiger partial charge in [-0.3, -0.25) is 4.79 Å². The van der Waals surface area contributed by atoms with Crippen LogP contribution in [-0.2, 0) is 0 Å². The summed E-state index contributed by atoms with van der Waals surface area (Å²) in [5.74, 6) is 0.823. The first-order chi connectivity index (χ1) is 13.0. The largest absolute Gasteiger partial charge is 0.352 e. The second kappa shape index (κ2) is 8.45. The molecular formula is C22H24N4O. The number of nitrogens with one attached hydrogen (secondary N) is 2. The summed E-state index contributed by atoms with van der Waals surface area (Å²) in [6, 6.07) is 15.6. The smallest absolute Gasteiger partial charge is 0.251 e. The number of aromatic nitrogens is 2. The van der Waals surface area contributed by atoms with Crippen LogP contribution in [0.2, 0.25) is 0 Å². The minimum atomic E-state index is -0.0806. The lowest BCUT2D eigenvalue weighted by molar-refractivity contribution is 0.0949. The van der Waals surface area contributed by atoms with Gasteiger partial charge in [0.25, 0.3) is 5.91 Å². The SMILES string of the molecule is Cc1ccc(-c2cnc(Nc3cccc(C(=O)NCC(C)C)c3)nc2)cc1. The molecule has 0 bridgehead atoms. The maximum Gasteiger partial charge on any atom is 0.251 e. The van der Waals surface area contributed by atoms with E-state index in [1.165, 1.54) is 5.56 Å². The average Bonchev–Trinajstić information content (AvgIpc) is 2.67. The first-order valence-corrected chi connectivity index (χ1v) is 9.05. The molecule has 0 aliphatic heterocycles. The Balaban J connectivity index is 1.69. The third-order valence-electron chi connectivity index (χ3n) is 4.09. The van der Waals surface area contributed by atoms with Crippen LogP contribution in [0.4, 0.5) is 11.6 Å². The van der Waals surface area contributed by atoms with Gasteiger partial charge in [-0.25, -0.2) is 9.97 Å². The van der Waals surface area contributed by atoms with Gasteiger partial charge < -0.3 is 10.6 Å². The van der Waals surface area contributed by atoms with E-state index < -0.39 is 0 Å². The van der Waals surface area contributed by atoms with Crippen LogP contribution in [0.3, 0.4) is 0 Å². The van der Waals surface area contributed by atoms with Crippen LogP contribution >= 0.6 is 0 Å². The number of carbonyl (C=O) groups excluding carboxylic acids is 1. The van der Waals surface area contributed by atoms with E-state index in [4.69, 9.17) is 0 Å². The Bertz CT molecular complexity index is 902. The third kappa shape index (κ3) is 5.14. The van der Waals surface area contributed by atoms with Crippen LogP contribution < -0.4 is 10.6 Å². The number of nitrogens with zero attached hydrogens (tertiary/aromatic N) is 2. The second-order valence-corrected chi connectivity index (χ2v) is 6.97. The van der Waals surface area contributed by atoms with Gasteiger partial charge in [0.1, 0.15) is 0 Å². The van der Waals surface area contributed by atoms with Gasteiger partial charge in [-0.15, -0.1) is 0 Å². The molecule has 3 rings (SSSR count). The molecular weight excluding hydrogens is 336 g/mol. The molecule has 0 saturated carbocycles. The highest BCUT2D eigenvalue weighted by molar-refractivity contribution is 5.95. The molecule has 0 aliphatic rings. The zero-order valence-electron chi connectivity index (χ0n) is 15.9. The van der Waals surface area contributed by atoms with Crippen molar-refractivity contribution in [1.82, 2.24) is 15.3 Å². The fourth-order valence-electron chi connectivity index (χ4n) is 2.55. The average molecular weight is 360 g/mol. The highest BCUT2D eigenvalue weighted by Crippen LogP contribution is 2.20. The molecule has 138 valence electrons. The van der Waals surface area contributed by atoms with Crippen molar-refractivity contribution in [2.45, 2.75) is 20.8 Å². The number of rotatable bonds is 6. The standard InChI is InChI=1S/C22H24N4O/c1-15(2)12-23-21(27)18-5-4-6-20(11-18)26-22-24-13-19(14-25-22)17-9-7-16(3)8-10-17/h4-11,13-15H,12H2,1-3H3,(H,23,27)(H,24,25,26). The van der Waals surface area contributed by atoms with Crippen molar-refractivity contribution >= 4 is 17.5 Å². The van der Waals surface area contributed by atoms with Crippen molar-refractivity contribution in [3.8, 4) is 11.1 Å². The topological polar surface area (TPSA) is 66.9 Å². The van der Waals surface area contributed by atoms with Gasteiger partial charge in [0, 0.05) is 35.8 Å². The Kier molecular flexibility index (Phi) is 5.81. The van der Waals surface area contributed by atoms with Gasteiger partial charge in [0.2, 0.25) is 5.95 Å². The molecule has 0 radical (unpaired) electrons. The molecule has 2 aromatic carbocycles. The molecule has 0 unspecified atom stereocenters. The lowest BCUT2D eigenvalue weighted by Crippen LogP contribution is -2.27. The van der Waals surface area contributed by atoms with Crippen LogP contribution in [-0.4, -0.2) is 22.4 Å². The second-order valence-electron chi connectivity index (χ2n) is 6.97. The molecule has 27 heavy (non-hydrogen) atoms. The van der Waals surface area contributed by atoms with Gasteiger partial charge in [-0.2, -0.15) is 0 Å². The molecule has 0 atom stereocenters. The van der Waals surface area contributed by atoms with Crippen molar-refractivity contribution in [1.29, 1.82) is 0 Å². The van der Waals surface area contributed by atoms with Crippen LogP contribution in [0.25, 0.3) is 11.1 Å². The Morgan fingerprint density at radius 1 is 1.00 bits per heavy atom. The first-order valence-electron chi connectivity index (χ1n) is 9.05. The Morgan fingerprint density at radius 2 is 1.70 bits per heavy atom. The molecule has 0 saturated heterocycles. The lowest BCUT2D eigenvalue weighted by atomic mass is 10.1. The van der Waals surface area contributed by atoms with Gasteiger partial charge in [-0.05, 0) is 36.6 Å². The quantitative estimate of drug-likeness (QED) is 0.675. The van der Waals surface area contributed by atoms with E-state index in [-0.39, 0.29) is 5.91 Å². The fraction of sp³-hybridized carbons (Fsp3) is 0.227. The Morgan fingerprint density at radius 3 is 2.37 bits per heavy atom. The number of aryl methyl sites for hydroxylation is 1. The predicted octanol–water partition coefficient (Wildman–Crippen LogP) is 4.58. The van der Waals surface area contributed by atoms with Crippen LogP contribution in [0.1, 0.15) is 29.8 Å². The van der Waals surface area contributed by atoms with E-state index in [0.29, 0.717) is 24.0 Å². The number of benzene rings is 2. The van der Waals surface area contributed by atoms with Crippen LogP contribution in [0.15, 0.2) is 60.9 Å². The summed E-state index contributed by atoms with van der Waals surface area (Å²) < 4.78 is 0. The van der Waals surface area contributed by atoms with E-state index in [1.807, 2.05) is 12.1 Å². The summed E-state index contributed by atoms with van der Waals surface area (Å²) in [5, 5.41) is 6.07. The predicted molar refractivity (Wildman–Crippen MR) is 109 cm³/mol. The Hall–Kier alpha value is -3.21. The number of anilines is 2. The normalized spacial score (nSPS) is 10.7. The molecule has 5 heteroatoms. The Labute approximate surface area is 159 Å². The summed E-state index contributed by atoms with van der Waals surface area (Å²) in [7, 11) is 0. The molecule has 0 aliphatic carbocycles. The monoisotopic (exact) mass is 360 g/mol. The number of amides is 1. The zero-order valence-corrected chi connectivity index (χ0v) is 15.9.